The largest absolute Gasteiger partial charge is 0.325 e. The van der Waals surface area contributed by atoms with Crippen molar-refractivity contribution < 1.29 is 9.59 Å². The fourth-order valence-corrected chi connectivity index (χ4v) is 4.03. The van der Waals surface area contributed by atoms with Crippen molar-refractivity contribution in [2.24, 2.45) is 0 Å². The van der Waals surface area contributed by atoms with Crippen molar-refractivity contribution in [2.75, 3.05) is 16.4 Å². The maximum atomic E-state index is 12.2. The van der Waals surface area contributed by atoms with Crippen LogP contribution in [0.15, 0.2) is 65.0 Å². The van der Waals surface area contributed by atoms with Crippen molar-refractivity contribution >= 4 is 51.8 Å². The number of rotatable bonds is 8. The van der Waals surface area contributed by atoms with Gasteiger partial charge >= 0.3 is 0 Å². The summed E-state index contributed by atoms with van der Waals surface area (Å²) in [5.41, 5.74) is 2.93. The lowest BCUT2D eigenvalue weighted by molar-refractivity contribution is -0.114. The van der Waals surface area contributed by atoms with Gasteiger partial charge in [0, 0.05) is 11.8 Å². The molecule has 0 radical (unpaired) electrons. The van der Waals surface area contributed by atoms with Crippen LogP contribution >= 0.6 is 23.1 Å². The van der Waals surface area contributed by atoms with E-state index in [1.54, 1.807) is 6.08 Å². The molecule has 1 heterocycles. The third-order valence-electron chi connectivity index (χ3n) is 4.05. The van der Waals surface area contributed by atoms with Crippen molar-refractivity contribution in [1.82, 2.24) is 10.2 Å². The molecule has 2 aromatic carbocycles. The zero-order valence-electron chi connectivity index (χ0n) is 16.7. The van der Waals surface area contributed by atoms with Crippen LogP contribution in [-0.4, -0.2) is 27.8 Å². The monoisotopic (exact) mass is 438 g/mol. The third-order valence-corrected chi connectivity index (χ3v) is 6.02. The summed E-state index contributed by atoms with van der Waals surface area (Å²) in [6, 6.07) is 17.4. The topological polar surface area (TPSA) is 84.0 Å². The van der Waals surface area contributed by atoms with Crippen LogP contribution in [0.1, 0.15) is 30.9 Å². The maximum absolute atomic E-state index is 12.2. The number of hydrogen-bond donors (Lipinski definition) is 2. The molecule has 2 N–H and O–H groups in total. The highest BCUT2D eigenvalue weighted by Crippen LogP contribution is 2.25. The second kappa shape index (κ2) is 10.7. The molecule has 0 aliphatic rings. The van der Waals surface area contributed by atoms with Gasteiger partial charge in [0.1, 0.15) is 0 Å². The minimum atomic E-state index is -0.283. The highest BCUT2D eigenvalue weighted by Gasteiger charge is 2.10. The highest BCUT2D eigenvalue weighted by atomic mass is 32.2. The average molecular weight is 439 g/mol. The molecule has 3 aromatic rings. The third kappa shape index (κ3) is 6.82. The fraction of sp³-hybridized carbons (Fsp3) is 0.182. The Morgan fingerprint density at radius 1 is 1.03 bits per heavy atom. The number of anilines is 2. The van der Waals surface area contributed by atoms with Crippen LogP contribution in [0.3, 0.4) is 0 Å². The minimum absolute atomic E-state index is 0.121. The SMILES string of the molecule is CC(C)c1ccc(NC(=O)CSc2nnc(NC(=O)C=Cc3ccccc3)s2)cc1. The molecule has 0 bridgehead atoms. The van der Waals surface area contributed by atoms with Crippen molar-refractivity contribution in [3.8, 4) is 0 Å². The van der Waals surface area contributed by atoms with E-state index in [4.69, 9.17) is 0 Å². The summed E-state index contributed by atoms with van der Waals surface area (Å²) in [5, 5.41) is 13.9. The number of nitrogens with zero attached hydrogens (tertiary/aromatic N) is 2. The molecule has 0 spiro atoms. The molecule has 8 heteroatoms. The van der Waals surface area contributed by atoms with Crippen molar-refractivity contribution in [3.05, 3.63) is 71.8 Å². The van der Waals surface area contributed by atoms with Crippen LogP contribution in [0.2, 0.25) is 0 Å². The number of carbonyl (C=O) groups is 2. The lowest BCUT2D eigenvalue weighted by Crippen LogP contribution is -2.13. The number of amides is 2. The smallest absolute Gasteiger partial charge is 0.250 e. The number of benzene rings is 2. The first kappa shape index (κ1) is 21.7. The zero-order valence-corrected chi connectivity index (χ0v) is 18.3. The molecule has 0 aliphatic heterocycles. The molecular formula is C22H22N4O2S2. The standard InChI is InChI=1S/C22H22N4O2S2/c1-15(2)17-9-11-18(12-10-17)23-20(28)14-29-22-26-25-21(30-22)24-19(27)13-8-16-6-4-3-5-7-16/h3-13,15H,14H2,1-2H3,(H,23,28)(H,24,25,27). The minimum Gasteiger partial charge on any atom is -0.325 e. The summed E-state index contributed by atoms with van der Waals surface area (Å²) in [5.74, 6) is 0.256. The van der Waals surface area contributed by atoms with Gasteiger partial charge in [-0.1, -0.05) is 79.4 Å². The first-order chi connectivity index (χ1) is 14.5. The average Bonchev–Trinajstić information content (AvgIpc) is 3.19. The van der Waals surface area contributed by atoms with Gasteiger partial charge in [-0.05, 0) is 35.3 Å². The highest BCUT2D eigenvalue weighted by molar-refractivity contribution is 8.01. The van der Waals surface area contributed by atoms with Gasteiger partial charge in [0.2, 0.25) is 16.9 Å². The van der Waals surface area contributed by atoms with Crippen LogP contribution in [0, 0.1) is 0 Å². The molecule has 2 amide bonds. The van der Waals surface area contributed by atoms with Gasteiger partial charge in [0.15, 0.2) is 4.34 Å². The quantitative estimate of drug-likeness (QED) is 0.292. The van der Waals surface area contributed by atoms with Gasteiger partial charge in [0.05, 0.1) is 5.75 Å². The molecular weight excluding hydrogens is 416 g/mol. The first-order valence-corrected chi connectivity index (χ1v) is 11.2. The van der Waals surface area contributed by atoms with Gasteiger partial charge in [-0.3, -0.25) is 14.9 Å². The molecule has 0 saturated carbocycles. The fourth-order valence-electron chi connectivity index (χ4n) is 2.48. The van der Waals surface area contributed by atoms with E-state index in [9.17, 15) is 9.59 Å². The van der Waals surface area contributed by atoms with Crippen LogP contribution in [0.5, 0.6) is 0 Å². The molecule has 30 heavy (non-hydrogen) atoms. The molecule has 0 unspecified atom stereocenters. The van der Waals surface area contributed by atoms with E-state index in [1.165, 1.54) is 34.7 Å². The van der Waals surface area contributed by atoms with Gasteiger partial charge < -0.3 is 5.32 Å². The molecule has 6 nitrogen and oxygen atoms in total. The Morgan fingerprint density at radius 3 is 2.47 bits per heavy atom. The van der Waals surface area contributed by atoms with Crippen LogP contribution < -0.4 is 10.6 Å². The summed E-state index contributed by atoms with van der Waals surface area (Å²) in [7, 11) is 0. The number of nitrogens with one attached hydrogen (secondary N) is 2. The molecule has 0 atom stereocenters. The molecule has 0 aliphatic carbocycles. The Kier molecular flexibility index (Phi) is 7.75. The molecule has 0 fully saturated rings. The summed E-state index contributed by atoms with van der Waals surface area (Å²) < 4.78 is 0.614. The number of aromatic nitrogens is 2. The van der Waals surface area contributed by atoms with Crippen LogP contribution in [-0.2, 0) is 9.59 Å². The normalized spacial score (nSPS) is 11.0. The predicted molar refractivity (Wildman–Crippen MR) is 124 cm³/mol. The zero-order chi connectivity index (χ0) is 21.3. The first-order valence-electron chi connectivity index (χ1n) is 9.40. The second-order valence-corrected chi connectivity index (χ2v) is 8.92. The van der Waals surface area contributed by atoms with Crippen LogP contribution in [0.4, 0.5) is 10.8 Å². The van der Waals surface area contributed by atoms with E-state index in [-0.39, 0.29) is 17.6 Å². The van der Waals surface area contributed by atoms with Crippen molar-refractivity contribution in [1.29, 1.82) is 0 Å². The Hall–Kier alpha value is -2.97. The molecule has 3 rings (SSSR count). The van der Waals surface area contributed by atoms with E-state index in [2.05, 4.69) is 34.7 Å². The van der Waals surface area contributed by atoms with E-state index in [0.717, 1.165) is 11.3 Å². The van der Waals surface area contributed by atoms with E-state index in [1.807, 2.05) is 54.6 Å². The lowest BCUT2D eigenvalue weighted by atomic mass is 10.0. The van der Waals surface area contributed by atoms with Gasteiger partial charge in [-0.15, -0.1) is 10.2 Å². The van der Waals surface area contributed by atoms with E-state index < -0.39 is 0 Å². The van der Waals surface area contributed by atoms with E-state index >= 15 is 0 Å². The Balaban J connectivity index is 1.45. The Morgan fingerprint density at radius 2 is 1.77 bits per heavy atom. The summed E-state index contributed by atoms with van der Waals surface area (Å²) >= 11 is 2.51. The van der Waals surface area contributed by atoms with Crippen LogP contribution in [0.25, 0.3) is 6.08 Å². The number of hydrogen-bond acceptors (Lipinski definition) is 6. The maximum Gasteiger partial charge on any atom is 0.250 e. The van der Waals surface area contributed by atoms with Gasteiger partial charge in [0.25, 0.3) is 0 Å². The van der Waals surface area contributed by atoms with Gasteiger partial charge in [-0.25, -0.2) is 0 Å². The Bertz CT molecular complexity index is 1020. The Labute approximate surface area is 183 Å². The van der Waals surface area contributed by atoms with E-state index in [0.29, 0.717) is 15.4 Å². The second-order valence-electron chi connectivity index (χ2n) is 6.72. The molecule has 1 aromatic heterocycles. The summed E-state index contributed by atoms with van der Waals surface area (Å²) in [6.07, 6.45) is 3.17. The summed E-state index contributed by atoms with van der Waals surface area (Å²) in [6.45, 7) is 4.26. The summed E-state index contributed by atoms with van der Waals surface area (Å²) in [4.78, 5) is 24.2. The molecule has 154 valence electrons. The number of thioether (sulfide) groups is 1. The molecule has 0 saturated heterocycles. The predicted octanol–water partition coefficient (Wildman–Crippen LogP) is 5.04. The van der Waals surface area contributed by atoms with Crippen molar-refractivity contribution in [2.45, 2.75) is 24.1 Å². The van der Waals surface area contributed by atoms with Gasteiger partial charge in [-0.2, -0.15) is 0 Å². The number of carbonyl (C=O) groups excluding carboxylic acids is 2. The lowest BCUT2D eigenvalue weighted by Gasteiger charge is -2.08. The van der Waals surface area contributed by atoms with Crippen molar-refractivity contribution in [3.63, 3.8) is 0 Å².